The van der Waals surface area contributed by atoms with E-state index in [1.54, 1.807) is 24.3 Å². The molecule has 0 radical (unpaired) electrons. The molecule has 0 fully saturated rings. The zero-order valence-electron chi connectivity index (χ0n) is 12.1. The Bertz CT molecular complexity index is 724. The van der Waals surface area contributed by atoms with Crippen molar-refractivity contribution in [2.75, 3.05) is 5.32 Å². The Morgan fingerprint density at radius 3 is 2.57 bits per heavy atom. The molecule has 0 heterocycles. The van der Waals surface area contributed by atoms with Crippen molar-refractivity contribution in [2.24, 2.45) is 5.73 Å². The third-order valence-corrected chi connectivity index (χ3v) is 3.60. The van der Waals surface area contributed by atoms with E-state index in [1.807, 2.05) is 6.07 Å². The molecule has 2 aromatic rings. The highest BCUT2D eigenvalue weighted by atomic mass is 79.9. The van der Waals surface area contributed by atoms with E-state index in [0.717, 1.165) is 4.47 Å². The highest BCUT2D eigenvalue weighted by Crippen LogP contribution is 2.22. The van der Waals surface area contributed by atoms with Crippen LogP contribution in [0.25, 0.3) is 0 Å². The van der Waals surface area contributed by atoms with Gasteiger partial charge in [-0.05, 0) is 29.8 Å². The summed E-state index contributed by atoms with van der Waals surface area (Å²) in [7, 11) is 0. The fourth-order valence-electron chi connectivity index (χ4n) is 2.10. The number of urea groups is 1. The largest absolute Gasteiger partial charge is 0.352 e. The van der Waals surface area contributed by atoms with Gasteiger partial charge >= 0.3 is 6.03 Å². The van der Waals surface area contributed by atoms with Gasteiger partial charge in [-0.2, -0.15) is 0 Å². The van der Waals surface area contributed by atoms with Crippen molar-refractivity contribution in [1.29, 1.82) is 0 Å². The van der Waals surface area contributed by atoms with Crippen LogP contribution in [-0.2, 0) is 4.79 Å². The number of halogens is 2. The van der Waals surface area contributed by atoms with E-state index < -0.39 is 23.8 Å². The first-order chi connectivity index (χ1) is 11.0. The van der Waals surface area contributed by atoms with E-state index in [-0.39, 0.29) is 12.1 Å². The number of nitrogens with two attached hydrogens (primary N) is 1. The summed E-state index contributed by atoms with van der Waals surface area (Å²) < 4.78 is 14.4. The molecule has 4 N–H and O–H groups in total. The number of hydrogen-bond donors (Lipinski definition) is 3. The predicted molar refractivity (Wildman–Crippen MR) is 89.2 cm³/mol. The standard InChI is InChI=1S/C16H15BrFN3O2/c17-11-5-3-4-10(8-11)14(21-16(19)23)9-15(22)20-13-7-2-1-6-12(13)18/h1-8,14H,9H2,(H,20,22)(H3,19,21,23). The first kappa shape index (κ1) is 17.0. The van der Waals surface area contributed by atoms with E-state index in [1.165, 1.54) is 18.2 Å². The topological polar surface area (TPSA) is 84.2 Å². The molecule has 23 heavy (non-hydrogen) atoms. The SMILES string of the molecule is NC(=O)NC(CC(=O)Nc1ccccc1F)c1cccc(Br)c1. The third kappa shape index (κ3) is 5.07. The average Bonchev–Trinajstić information content (AvgIpc) is 2.48. The van der Waals surface area contributed by atoms with Crippen LogP contribution in [0.3, 0.4) is 0 Å². The number of benzene rings is 2. The summed E-state index contributed by atoms with van der Waals surface area (Å²) in [6, 6.07) is 11.7. The number of para-hydroxylation sites is 1. The molecule has 0 saturated carbocycles. The lowest BCUT2D eigenvalue weighted by atomic mass is 10.0. The van der Waals surface area contributed by atoms with Crippen molar-refractivity contribution >= 4 is 33.6 Å². The Morgan fingerprint density at radius 2 is 1.91 bits per heavy atom. The van der Waals surface area contributed by atoms with Crippen LogP contribution in [0.4, 0.5) is 14.9 Å². The lowest BCUT2D eigenvalue weighted by molar-refractivity contribution is -0.116. The smallest absolute Gasteiger partial charge is 0.312 e. The van der Waals surface area contributed by atoms with Crippen LogP contribution in [0.1, 0.15) is 18.0 Å². The first-order valence-corrected chi connectivity index (χ1v) is 7.61. The second kappa shape index (κ2) is 7.73. The Kier molecular flexibility index (Phi) is 5.70. The maximum absolute atomic E-state index is 13.6. The monoisotopic (exact) mass is 379 g/mol. The number of rotatable bonds is 5. The van der Waals surface area contributed by atoms with Crippen molar-refractivity contribution < 1.29 is 14.0 Å². The number of carbonyl (C=O) groups is 2. The summed E-state index contributed by atoms with van der Waals surface area (Å²) in [6.45, 7) is 0. The van der Waals surface area contributed by atoms with E-state index in [2.05, 4.69) is 26.6 Å². The van der Waals surface area contributed by atoms with Gasteiger partial charge in [-0.1, -0.05) is 40.2 Å². The van der Waals surface area contributed by atoms with Crippen LogP contribution in [0.2, 0.25) is 0 Å². The molecule has 0 aliphatic rings. The molecule has 2 aromatic carbocycles. The number of primary amides is 1. The summed E-state index contributed by atoms with van der Waals surface area (Å²) in [5, 5.41) is 5.00. The molecule has 0 aliphatic heterocycles. The lowest BCUT2D eigenvalue weighted by Crippen LogP contribution is -2.35. The molecule has 120 valence electrons. The Hall–Kier alpha value is -2.41. The Morgan fingerprint density at radius 1 is 1.17 bits per heavy atom. The van der Waals surface area contributed by atoms with E-state index in [0.29, 0.717) is 5.56 Å². The van der Waals surface area contributed by atoms with E-state index >= 15 is 0 Å². The van der Waals surface area contributed by atoms with Gasteiger partial charge in [0.05, 0.1) is 18.2 Å². The van der Waals surface area contributed by atoms with Gasteiger partial charge in [0.2, 0.25) is 5.91 Å². The number of nitrogens with one attached hydrogen (secondary N) is 2. The molecule has 0 aliphatic carbocycles. The molecule has 3 amide bonds. The molecule has 5 nitrogen and oxygen atoms in total. The predicted octanol–water partition coefficient (Wildman–Crippen LogP) is 3.33. The minimum Gasteiger partial charge on any atom is -0.352 e. The van der Waals surface area contributed by atoms with Gasteiger partial charge in [-0.25, -0.2) is 9.18 Å². The average molecular weight is 380 g/mol. The maximum Gasteiger partial charge on any atom is 0.312 e. The van der Waals surface area contributed by atoms with Crippen molar-refractivity contribution in [3.8, 4) is 0 Å². The fraction of sp³-hybridized carbons (Fsp3) is 0.125. The van der Waals surface area contributed by atoms with Crippen LogP contribution < -0.4 is 16.4 Å². The number of carbonyl (C=O) groups excluding carboxylic acids is 2. The van der Waals surface area contributed by atoms with Crippen molar-refractivity contribution in [2.45, 2.75) is 12.5 Å². The lowest BCUT2D eigenvalue weighted by Gasteiger charge is -2.18. The van der Waals surface area contributed by atoms with E-state index in [9.17, 15) is 14.0 Å². The van der Waals surface area contributed by atoms with Gasteiger partial charge in [0.1, 0.15) is 5.82 Å². The Balaban J connectivity index is 2.13. The fourth-order valence-corrected chi connectivity index (χ4v) is 2.51. The van der Waals surface area contributed by atoms with Gasteiger partial charge in [0.15, 0.2) is 0 Å². The minimum absolute atomic E-state index is 0.0757. The molecule has 0 bridgehead atoms. The van der Waals surface area contributed by atoms with Crippen LogP contribution in [0.15, 0.2) is 53.0 Å². The summed E-state index contributed by atoms with van der Waals surface area (Å²) in [4.78, 5) is 23.3. The molecular formula is C16H15BrFN3O2. The number of amides is 3. The van der Waals surface area contributed by atoms with E-state index in [4.69, 9.17) is 5.73 Å². The van der Waals surface area contributed by atoms with Crippen LogP contribution >= 0.6 is 15.9 Å². The van der Waals surface area contributed by atoms with Crippen molar-refractivity contribution in [1.82, 2.24) is 5.32 Å². The molecule has 1 unspecified atom stereocenters. The van der Waals surface area contributed by atoms with Gasteiger partial charge < -0.3 is 16.4 Å². The zero-order chi connectivity index (χ0) is 16.8. The molecule has 0 saturated heterocycles. The van der Waals surface area contributed by atoms with Gasteiger partial charge in [0, 0.05) is 4.47 Å². The highest BCUT2D eigenvalue weighted by Gasteiger charge is 2.18. The summed E-state index contributed by atoms with van der Waals surface area (Å²) in [5.41, 5.74) is 5.97. The van der Waals surface area contributed by atoms with Crippen molar-refractivity contribution in [3.05, 3.63) is 64.4 Å². The quantitative estimate of drug-likeness (QED) is 0.744. The number of anilines is 1. The second-order valence-corrected chi connectivity index (χ2v) is 5.76. The normalized spacial score (nSPS) is 11.6. The van der Waals surface area contributed by atoms with Crippen LogP contribution in [0, 0.1) is 5.82 Å². The third-order valence-electron chi connectivity index (χ3n) is 3.10. The minimum atomic E-state index is -0.742. The first-order valence-electron chi connectivity index (χ1n) is 6.81. The van der Waals surface area contributed by atoms with Crippen molar-refractivity contribution in [3.63, 3.8) is 0 Å². The van der Waals surface area contributed by atoms with Gasteiger partial charge in [-0.15, -0.1) is 0 Å². The summed E-state index contributed by atoms with van der Waals surface area (Å²) in [5.74, 6) is -0.962. The second-order valence-electron chi connectivity index (χ2n) is 4.85. The van der Waals surface area contributed by atoms with Crippen LogP contribution in [0.5, 0.6) is 0 Å². The zero-order valence-corrected chi connectivity index (χ0v) is 13.6. The number of hydrogen-bond acceptors (Lipinski definition) is 2. The maximum atomic E-state index is 13.6. The molecule has 7 heteroatoms. The molecular weight excluding hydrogens is 365 g/mol. The Labute approximate surface area is 141 Å². The molecule has 1 atom stereocenters. The summed E-state index contributed by atoms with van der Waals surface area (Å²) in [6.07, 6.45) is -0.0757. The van der Waals surface area contributed by atoms with Crippen LogP contribution in [-0.4, -0.2) is 11.9 Å². The highest BCUT2D eigenvalue weighted by molar-refractivity contribution is 9.10. The molecule has 0 aromatic heterocycles. The summed E-state index contributed by atoms with van der Waals surface area (Å²) >= 11 is 3.33. The van der Waals surface area contributed by atoms with Gasteiger partial charge in [-0.3, -0.25) is 4.79 Å². The molecule has 2 rings (SSSR count). The molecule has 0 spiro atoms. The van der Waals surface area contributed by atoms with Gasteiger partial charge in [0.25, 0.3) is 0 Å².